The van der Waals surface area contributed by atoms with Crippen molar-refractivity contribution in [2.75, 3.05) is 13.7 Å². The monoisotopic (exact) mass is 1390 g/mol. The zero-order chi connectivity index (χ0) is 74.7. The van der Waals surface area contributed by atoms with Gasteiger partial charge in [0.15, 0.2) is 34.8 Å². The van der Waals surface area contributed by atoms with Crippen molar-refractivity contribution in [1.82, 2.24) is 64.7 Å². The molecule has 0 amide bonds. The summed E-state index contributed by atoms with van der Waals surface area (Å²) in [5, 5.41) is 24.8. The highest BCUT2D eigenvalue weighted by molar-refractivity contribution is 6.04. The van der Waals surface area contributed by atoms with Gasteiger partial charge in [0.05, 0.1) is 61.4 Å². The molecule has 1 N–H and O–H groups in total. The number of aromatic nitrogens is 11. The number of Topliss-reactive ketones (excluding diaryl/α,β-unsaturated/α-hetero) is 4. The number of hydrogen-bond acceptors (Lipinski definition) is 16. The molecule has 6 aromatic rings. The lowest BCUT2D eigenvalue weighted by Crippen LogP contribution is -2.50. The third-order valence-electron chi connectivity index (χ3n) is 24.1. The number of nitrogens with one attached hydrogen (secondary N) is 1. The first-order chi connectivity index (χ1) is 48.6. The number of benzene rings is 1. The fourth-order valence-electron chi connectivity index (χ4n) is 18.8. The van der Waals surface area contributed by atoms with Gasteiger partial charge in [0, 0.05) is 99.5 Å². The fourth-order valence-corrected chi connectivity index (χ4v) is 18.8. The van der Waals surface area contributed by atoms with E-state index in [0.717, 1.165) is 119 Å². The molecule has 24 nitrogen and oxygen atoms in total. The minimum absolute atomic E-state index is 0.0193. The largest absolute Gasteiger partial charge is 0.448 e. The summed E-state index contributed by atoms with van der Waals surface area (Å²) in [7, 11) is 5.74. The van der Waals surface area contributed by atoms with Crippen molar-refractivity contribution >= 4 is 29.2 Å². The van der Waals surface area contributed by atoms with Gasteiger partial charge in [-0.2, -0.15) is 25.0 Å². The average Bonchev–Trinajstić information content (AvgIpc) is 1.60. The molecule has 0 bridgehead atoms. The van der Waals surface area contributed by atoms with Gasteiger partial charge in [-0.25, -0.2) is 33.8 Å². The number of likely N-dealkylation sites (N-methyl/N-ethyl adjacent to an activating group) is 1. The number of aryl methyl sites for hydroxylation is 3. The van der Waals surface area contributed by atoms with Crippen LogP contribution in [0.3, 0.4) is 0 Å². The molecule has 6 heterocycles. The summed E-state index contributed by atoms with van der Waals surface area (Å²) < 4.78 is 17.5. The van der Waals surface area contributed by atoms with E-state index in [1.165, 1.54) is 10.3 Å². The first kappa shape index (κ1) is 72.1. The SMILES string of the molecule is [C-]#[N+]C1=C[C@]2(C)C3=C(CC[C@H]2C(C)(C)C1=O)C(=C)N(C)N3.[C-]#[N+]C1=C[C@]2(C)c3nn(C(=O)OCC)c(-c4ccccc4)c3CC[C@H]2[C@H](C)C1=O.[C-]#[N+]C1=C[C@]2(C)c3nn(C)c(-c4nc(C)no4)c3CC[C@H]2[C@H](C)C1=O.[C-]#[N+]C1=C[C@]2(C)c3nn(C)c(-c4ncn(C(C)C)n4)c3CC[C@H]2C(C)(C)C1=O. The van der Waals surface area contributed by atoms with Gasteiger partial charge >= 0.3 is 6.09 Å². The average molecular weight is 1390 g/mol. The number of nitrogens with zero attached hydrogens (tertiary/aromatic N) is 16. The number of ether oxygens (including phenoxy) is 1. The molecule has 9 aliphatic rings. The number of carbonyl (C=O) groups excluding carboxylic acids is 5. The number of ketones is 4. The first-order valence-electron chi connectivity index (χ1n) is 35.3. The fraction of sp³-hybridized carbons (Fsp3) is 0.494. The van der Waals surface area contributed by atoms with Crippen LogP contribution < -0.4 is 5.43 Å². The van der Waals surface area contributed by atoms with E-state index >= 15 is 0 Å². The second-order valence-corrected chi connectivity index (χ2v) is 31.1. The van der Waals surface area contributed by atoms with Crippen LogP contribution >= 0.6 is 0 Å². The quantitative estimate of drug-likeness (QED) is 0.158. The van der Waals surface area contributed by atoms with Gasteiger partial charge in [-0.1, -0.05) is 136 Å². The molecule has 0 saturated carbocycles. The highest BCUT2D eigenvalue weighted by Crippen LogP contribution is 2.60. The molecular formula is C79H89N17O7. The number of carbonyl (C=O) groups is 5. The summed E-state index contributed by atoms with van der Waals surface area (Å²) in [5.74, 6) is 1.56. The Morgan fingerprint density at radius 1 is 0.650 bits per heavy atom. The van der Waals surface area contributed by atoms with Gasteiger partial charge in [0.25, 0.3) is 5.89 Å². The Balaban J connectivity index is 0.000000130. The number of rotatable bonds is 5. The highest BCUT2D eigenvalue weighted by atomic mass is 16.6. The topological polar surface area (TPSA) is 250 Å². The Labute approximate surface area is 601 Å². The maximum absolute atomic E-state index is 12.8. The molecule has 5 aromatic heterocycles. The summed E-state index contributed by atoms with van der Waals surface area (Å²) >= 11 is 0. The Bertz CT molecular complexity index is 4950. The smallest absolute Gasteiger partial charge is 0.435 e. The zero-order valence-corrected chi connectivity index (χ0v) is 61.9. The first-order valence-corrected chi connectivity index (χ1v) is 35.3. The Morgan fingerprint density at radius 3 is 1.64 bits per heavy atom. The molecular weight excluding hydrogens is 1300 g/mol. The van der Waals surface area contributed by atoms with Crippen LogP contribution in [0.1, 0.15) is 168 Å². The van der Waals surface area contributed by atoms with E-state index in [1.807, 2.05) is 133 Å². The normalized spacial score (nSPS) is 27.9. The zero-order valence-electron chi connectivity index (χ0n) is 61.9. The summed E-state index contributed by atoms with van der Waals surface area (Å²) in [6, 6.07) is 9.93. The second kappa shape index (κ2) is 26.0. The van der Waals surface area contributed by atoms with Crippen LogP contribution in [0.2, 0.25) is 0 Å². The summed E-state index contributed by atoms with van der Waals surface area (Å²) in [4.78, 5) is 85.9. The van der Waals surface area contributed by atoms with E-state index in [0.29, 0.717) is 17.5 Å². The highest BCUT2D eigenvalue weighted by Gasteiger charge is 2.58. The molecule has 10 atom stereocenters. The molecule has 8 aliphatic carbocycles. The van der Waals surface area contributed by atoms with Crippen molar-refractivity contribution < 1.29 is 33.2 Å². The minimum atomic E-state index is -0.587. The number of fused-ring (bicyclic) bond motifs is 11. The predicted octanol–water partition coefficient (Wildman–Crippen LogP) is 13.5. The lowest BCUT2D eigenvalue weighted by molar-refractivity contribution is -0.129. The van der Waals surface area contributed by atoms with E-state index < -0.39 is 33.2 Å². The molecule has 1 aliphatic heterocycles. The molecule has 0 fully saturated rings. The molecule has 0 spiro atoms. The third-order valence-corrected chi connectivity index (χ3v) is 24.1. The van der Waals surface area contributed by atoms with E-state index in [9.17, 15) is 24.0 Å². The second-order valence-electron chi connectivity index (χ2n) is 31.1. The maximum atomic E-state index is 12.8. The van der Waals surface area contributed by atoms with E-state index in [2.05, 4.69) is 86.2 Å². The number of allylic oxidation sites excluding steroid dienone is 9. The molecule has 24 heteroatoms. The Hall–Kier alpha value is -10.7. The van der Waals surface area contributed by atoms with E-state index in [-0.39, 0.29) is 99.5 Å². The molecule has 0 saturated heterocycles. The van der Waals surface area contributed by atoms with Crippen LogP contribution in [0.15, 0.2) is 112 Å². The summed E-state index contributed by atoms with van der Waals surface area (Å²) in [5.41, 5.74) is 14.0. The van der Waals surface area contributed by atoms with E-state index in [1.54, 1.807) is 30.9 Å². The van der Waals surface area contributed by atoms with Gasteiger partial charge in [-0.3, -0.25) is 14.4 Å². The summed E-state index contributed by atoms with van der Waals surface area (Å²) in [6.45, 7) is 61.8. The molecule has 1 aromatic carbocycles. The van der Waals surface area contributed by atoms with Gasteiger partial charge < -0.3 is 33.9 Å². The van der Waals surface area contributed by atoms with Crippen molar-refractivity contribution in [3.05, 3.63) is 193 Å². The van der Waals surface area contributed by atoms with E-state index in [4.69, 9.17) is 50.8 Å². The lowest BCUT2D eigenvalue weighted by atomic mass is 9.53. The van der Waals surface area contributed by atoms with Crippen molar-refractivity contribution in [1.29, 1.82) is 0 Å². The van der Waals surface area contributed by atoms with Crippen LogP contribution in [-0.2, 0) is 73.5 Å². The Kier molecular flexibility index (Phi) is 18.2. The lowest BCUT2D eigenvalue weighted by Gasteiger charge is -2.50. The minimum Gasteiger partial charge on any atom is -0.448 e. The van der Waals surface area contributed by atoms with Crippen molar-refractivity contribution in [3.63, 3.8) is 0 Å². The molecule has 15 rings (SSSR count). The molecule has 0 radical (unpaired) electrons. The molecule has 532 valence electrons. The molecule has 0 unspecified atom stereocenters. The van der Waals surface area contributed by atoms with Gasteiger partial charge in [0.1, 0.15) is 17.7 Å². The van der Waals surface area contributed by atoms with Crippen LogP contribution in [0.5, 0.6) is 0 Å². The van der Waals surface area contributed by atoms with Crippen LogP contribution in [0.4, 0.5) is 4.79 Å². The number of hydrazine groups is 1. The standard InChI is InChI=1S/C23H23N3O3.C21H26N6O.C18H19N5O2.C17H21N3O/c1-5-29-22(28)26-19(15-9-7-6-8-10-15)16-11-12-17-14(2)20(27)18(24-4)13-23(17,3)21(16)25-26;1-12(2)27-11-23-19(25-27)16-13-8-9-15-20(3,4)18(28)14(22-6)10-21(15,5)17(13)24-26(16)7;1-9-12-7-6-11-14(17-20-10(2)22-25-17)23(5)21-16(11)18(12,3)8-13(19-4)15(9)24;1-10-11-7-8-13-16(2,3)15(21)12(18-5)9-17(13,4)14(11)19-20(10)6/h6-10,13-14,17H,5,11-12H2,1-3H3;10-12,15H,8-9H2,1-5,7H3;8-9,12H,6-7H2,1-3,5H3;9,13,19H,1,7-8H2,2-4,6H3/t14-,17-,23-;15-,21-;9-,12-,18-;13-,17-/m0000/s1. The molecule has 103 heavy (non-hydrogen) atoms. The van der Waals surface area contributed by atoms with Crippen molar-refractivity contribution in [2.24, 2.45) is 65.8 Å². The van der Waals surface area contributed by atoms with Crippen molar-refractivity contribution in [3.8, 4) is 34.4 Å². The van der Waals surface area contributed by atoms with Crippen LogP contribution in [-0.4, -0.2) is 102 Å². The third kappa shape index (κ3) is 11.3. The van der Waals surface area contributed by atoms with Gasteiger partial charge in [-0.05, 0) is 108 Å². The van der Waals surface area contributed by atoms with Crippen LogP contribution in [0, 0.1) is 85.0 Å². The Morgan fingerprint density at radius 2 is 1.13 bits per heavy atom. The van der Waals surface area contributed by atoms with Gasteiger partial charge in [0.2, 0.25) is 22.8 Å². The predicted molar refractivity (Wildman–Crippen MR) is 384 cm³/mol. The van der Waals surface area contributed by atoms with Crippen LogP contribution in [0.25, 0.3) is 53.7 Å². The summed E-state index contributed by atoms with van der Waals surface area (Å²) in [6.07, 6.45) is 15.3. The number of hydrogen-bond donors (Lipinski definition) is 1. The van der Waals surface area contributed by atoms with Crippen molar-refractivity contribution in [2.45, 2.75) is 171 Å². The maximum Gasteiger partial charge on any atom is 0.435 e. The van der Waals surface area contributed by atoms with Gasteiger partial charge in [-0.15, -0.1) is 5.10 Å².